The Morgan fingerprint density at radius 2 is 1.80 bits per heavy atom. The van der Waals surface area contributed by atoms with E-state index in [0.717, 1.165) is 44.7 Å². The topological polar surface area (TPSA) is 67.0 Å². The molecule has 0 fully saturated rings. The summed E-state index contributed by atoms with van der Waals surface area (Å²) in [6.45, 7) is 2.32. The molecule has 3 aromatic carbocycles. The van der Waals surface area contributed by atoms with Crippen LogP contribution in [0.3, 0.4) is 0 Å². The van der Waals surface area contributed by atoms with Crippen molar-refractivity contribution in [3.63, 3.8) is 0 Å². The van der Waals surface area contributed by atoms with Crippen LogP contribution in [0.4, 0.5) is 5.82 Å². The van der Waals surface area contributed by atoms with Gasteiger partial charge in [-0.2, -0.15) is 5.10 Å². The lowest BCUT2D eigenvalue weighted by Crippen LogP contribution is -2.20. The van der Waals surface area contributed by atoms with Gasteiger partial charge in [-0.1, -0.05) is 72.3 Å². The van der Waals surface area contributed by atoms with E-state index in [4.69, 9.17) is 4.74 Å². The highest BCUT2D eigenvalue weighted by Crippen LogP contribution is 2.48. The quantitative estimate of drug-likeness (QED) is 0.475. The molecule has 0 spiro atoms. The Kier molecular flexibility index (Phi) is 3.59. The lowest BCUT2D eigenvalue weighted by molar-refractivity contribution is -0.136. The molecule has 0 aliphatic carbocycles. The Morgan fingerprint density at radius 1 is 1.00 bits per heavy atom. The number of esters is 1. The van der Waals surface area contributed by atoms with Crippen LogP contribution in [0.25, 0.3) is 22.0 Å². The van der Waals surface area contributed by atoms with Crippen molar-refractivity contribution < 1.29 is 9.53 Å². The number of H-pyrrole nitrogens is 1. The van der Waals surface area contributed by atoms with Crippen molar-refractivity contribution in [2.45, 2.75) is 12.8 Å². The summed E-state index contributed by atoms with van der Waals surface area (Å²) in [7, 11) is 0. The number of carbonyl (C=O) groups is 1. The fraction of sp³-hybridized carbons (Fsp3) is 0.120. The number of nitrogens with zero attached hydrogens (tertiary/aromatic N) is 1. The van der Waals surface area contributed by atoms with E-state index in [0.29, 0.717) is 5.57 Å². The predicted molar refractivity (Wildman–Crippen MR) is 116 cm³/mol. The highest BCUT2D eigenvalue weighted by Gasteiger charge is 2.41. The molecule has 1 aromatic heterocycles. The third-order valence-corrected chi connectivity index (χ3v) is 6.01. The number of ether oxygens (including phenoxy) is 1. The third-order valence-electron chi connectivity index (χ3n) is 6.01. The Hall–Kier alpha value is -3.86. The molecular formula is C25H19N3O2. The van der Waals surface area contributed by atoms with E-state index in [-0.39, 0.29) is 18.5 Å². The van der Waals surface area contributed by atoms with Gasteiger partial charge in [0.25, 0.3) is 0 Å². The van der Waals surface area contributed by atoms with E-state index in [1.807, 2.05) is 18.2 Å². The van der Waals surface area contributed by atoms with Crippen molar-refractivity contribution in [3.8, 4) is 11.3 Å². The van der Waals surface area contributed by atoms with Gasteiger partial charge in [0.05, 0.1) is 17.0 Å². The first-order valence-electron chi connectivity index (χ1n) is 10.0. The van der Waals surface area contributed by atoms with Crippen molar-refractivity contribution in [3.05, 3.63) is 94.7 Å². The summed E-state index contributed by atoms with van der Waals surface area (Å²) in [6.07, 6.45) is 0. The summed E-state index contributed by atoms with van der Waals surface area (Å²) in [6, 6.07) is 22.8. The monoisotopic (exact) mass is 393 g/mol. The first-order valence-corrected chi connectivity index (χ1v) is 10.0. The number of benzene rings is 3. The predicted octanol–water partition coefficient (Wildman–Crippen LogP) is 4.91. The van der Waals surface area contributed by atoms with Crippen LogP contribution < -0.4 is 5.32 Å². The highest BCUT2D eigenvalue weighted by atomic mass is 16.5. The molecule has 146 valence electrons. The molecule has 0 bridgehead atoms. The molecule has 1 unspecified atom stereocenters. The fourth-order valence-corrected chi connectivity index (χ4v) is 4.58. The van der Waals surface area contributed by atoms with Gasteiger partial charge in [-0.3, -0.25) is 5.10 Å². The average Bonchev–Trinajstić information content (AvgIpc) is 3.36. The van der Waals surface area contributed by atoms with Crippen molar-refractivity contribution >= 4 is 22.6 Å². The minimum atomic E-state index is -0.267. The van der Waals surface area contributed by atoms with Crippen LogP contribution in [-0.4, -0.2) is 22.8 Å². The zero-order chi connectivity index (χ0) is 20.2. The first kappa shape index (κ1) is 17.0. The number of nitrogens with one attached hydrogen (secondary N) is 2. The molecule has 2 N–H and O–H groups in total. The second-order valence-corrected chi connectivity index (χ2v) is 7.82. The van der Waals surface area contributed by atoms with Crippen LogP contribution in [0.5, 0.6) is 0 Å². The summed E-state index contributed by atoms with van der Waals surface area (Å²) < 4.78 is 5.42. The summed E-state index contributed by atoms with van der Waals surface area (Å²) in [5.41, 5.74) is 6.60. The number of fused-ring (bicyclic) bond motifs is 2. The SMILES string of the molecule is Cc1ccc(-c2n[nH]c3c2C(c2cccc4ccccc24)C2=C(COC2=O)N3)cc1. The standard InChI is InChI=1S/C25H19N3O2/c1-14-9-11-16(12-10-14)23-22-20(18-8-4-6-15-5-2-3-7-17(15)18)21-19(13-30-25(21)29)26-24(22)28-27-23/h2-12,20H,13H2,1H3,(H2,26,27,28). The minimum Gasteiger partial charge on any atom is -0.456 e. The van der Waals surface area contributed by atoms with Crippen LogP contribution in [0.1, 0.15) is 22.6 Å². The molecule has 5 heteroatoms. The summed E-state index contributed by atoms with van der Waals surface area (Å²) in [5, 5.41) is 13.4. The molecule has 5 nitrogen and oxygen atoms in total. The van der Waals surface area contributed by atoms with Gasteiger partial charge in [0, 0.05) is 17.0 Å². The number of carbonyl (C=O) groups excluding carboxylic acids is 1. The van der Waals surface area contributed by atoms with Crippen molar-refractivity contribution in [1.29, 1.82) is 0 Å². The number of aromatic amines is 1. The van der Waals surface area contributed by atoms with Gasteiger partial charge in [0.2, 0.25) is 0 Å². The zero-order valence-electron chi connectivity index (χ0n) is 16.4. The maximum Gasteiger partial charge on any atom is 0.337 e. The van der Waals surface area contributed by atoms with Gasteiger partial charge in [-0.05, 0) is 23.3 Å². The molecule has 2 aliphatic heterocycles. The molecular weight excluding hydrogens is 374 g/mol. The normalized spacial score (nSPS) is 17.5. The molecule has 2 aliphatic rings. The molecule has 30 heavy (non-hydrogen) atoms. The molecule has 0 saturated carbocycles. The summed E-state index contributed by atoms with van der Waals surface area (Å²) in [5.74, 6) is 0.296. The van der Waals surface area contributed by atoms with Gasteiger partial charge in [0.1, 0.15) is 12.4 Å². The van der Waals surface area contributed by atoms with Gasteiger partial charge in [-0.25, -0.2) is 4.79 Å². The average molecular weight is 393 g/mol. The number of aryl methyl sites for hydroxylation is 1. The Balaban J connectivity index is 1.64. The number of hydrogen-bond donors (Lipinski definition) is 2. The number of cyclic esters (lactones) is 1. The molecule has 0 saturated heterocycles. The van der Waals surface area contributed by atoms with E-state index in [1.165, 1.54) is 5.56 Å². The van der Waals surface area contributed by atoms with Gasteiger partial charge in [0.15, 0.2) is 0 Å². The molecule has 0 radical (unpaired) electrons. The lowest BCUT2D eigenvalue weighted by atomic mass is 9.79. The van der Waals surface area contributed by atoms with Crippen molar-refractivity contribution in [1.82, 2.24) is 10.2 Å². The molecule has 1 atom stereocenters. The molecule has 6 rings (SSSR count). The van der Waals surface area contributed by atoms with E-state index >= 15 is 0 Å². The van der Waals surface area contributed by atoms with E-state index in [1.54, 1.807) is 0 Å². The van der Waals surface area contributed by atoms with E-state index in [2.05, 4.69) is 71.0 Å². The zero-order valence-corrected chi connectivity index (χ0v) is 16.4. The Morgan fingerprint density at radius 3 is 2.67 bits per heavy atom. The van der Waals surface area contributed by atoms with Crippen LogP contribution in [0, 0.1) is 6.92 Å². The number of rotatable bonds is 2. The number of anilines is 1. The van der Waals surface area contributed by atoms with Crippen LogP contribution >= 0.6 is 0 Å². The second kappa shape index (κ2) is 6.32. The third kappa shape index (κ3) is 2.42. The first-order chi connectivity index (χ1) is 14.7. The van der Waals surface area contributed by atoms with Crippen LogP contribution in [-0.2, 0) is 9.53 Å². The summed E-state index contributed by atoms with van der Waals surface area (Å²) >= 11 is 0. The Bertz CT molecular complexity index is 1340. The van der Waals surface area contributed by atoms with Crippen molar-refractivity contribution in [2.75, 3.05) is 11.9 Å². The van der Waals surface area contributed by atoms with Gasteiger partial charge < -0.3 is 10.1 Å². The Labute approximate surface area is 173 Å². The maximum absolute atomic E-state index is 12.8. The second-order valence-electron chi connectivity index (χ2n) is 7.82. The van der Waals surface area contributed by atoms with E-state index < -0.39 is 0 Å². The lowest BCUT2D eigenvalue weighted by Gasteiger charge is -2.26. The van der Waals surface area contributed by atoms with Gasteiger partial charge >= 0.3 is 5.97 Å². The van der Waals surface area contributed by atoms with Gasteiger partial charge in [-0.15, -0.1) is 0 Å². The van der Waals surface area contributed by atoms with E-state index in [9.17, 15) is 4.79 Å². The fourth-order valence-electron chi connectivity index (χ4n) is 4.58. The minimum absolute atomic E-state index is 0.257. The summed E-state index contributed by atoms with van der Waals surface area (Å²) in [4.78, 5) is 12.8. The van der Waals surface area contributed by atoms with Crippen molar-refractivity contribution in [2.24, 2.45) is 0 Å². The maximum atomic E-state index is 12.8. The molecule has 3 heterocycles. The number of hydrogen-bond acceptors (Lipinski definition) is 4. The van der Waals surface area contributed by atoms with Crippen LogP contribution in [0.15, 0.2) is 78.0 Å². The molecule has 0 amide bonds. The number of aromatic nitrogens is 2. The molecule has 4 aromatic rings. The highest BCUT2D eigenvalue weighted by molar-refractivity contribution is 6.00. The van der Waals surface area contributed by atoms with Crippen LogP contribution in [0.2, 0.25) is 0 Å². The largest absolute Gasteiger partial charge is 0.456 e. The smallest absolute Gasteiger partial charge is 0.337 e.